The van der Waals surface area contributed by atoms with Crippen molar-refractivity contribution in [1.29, 1.82) is 0 Å². The van der Waals surface area contributed by atoms with E-state index in [1.54, 1.807) is 12.7 Å². The molecule has 28 heavy (non-hydrogen) atoms. The lowest BCUT2D eigenvalue weighted by molar-refractivity contribution is 0.256. The predicted molar refractivity (Wildman–Crippen MR) is 106 cm³/mol. The van der Waals surface area contributed by atoms with Gasteiger partial charge < -0.3 is 19.5 Å². The Morgan fingerprint density at radius 3 is 2.93 bits per heavy atom. The molecule has 2 aliphatic rings. The van der Waals surface area contributed by atoms with Crippen molar-refractivity contribution in [3.8, 4) is 5.88 Å². The number of likely N-dealkylation sites (tertiary alicyclic amines) is 1. The molecule has 5 heterocycles. The molecule has 0 radical (unpaired) electrons. The average molecular weight is 379 g/mol. The lowest BCUT2D eigenvalue weighted by Crippen LogP contribution is -2.32. The number of nitrogens with zero attached hydrogens (tertiary/aromatic N) is 6. The zero-order valence-corrected chi connectivity index (χ0v) is 16.0. The monoisotopic (exact) mass is 379 g/mol. The molecule has 0 aliphatic carbocycles. The molecule has 5 rings (SSSR count). The SMILES string of the molecule is c1nc(N2CCc3nc(OCCCN4CCCC4)ccc3C2)c2nc[nH]c2n1. The predicted octanol–water partition coefficient (Wildman–Crippen LogP) is 2.18. The smallest absolute Gasteiger partial charge is 0.213 e. The van der Waals surface area contributed by atoms with Crippen LogP contribution in [0.15, 0.2) is 24.8 Å². The molecular weight excluding hydrogens is 354 g/mol. The normalized spacial score (nSPS) is 17.2. The van der Waals surface area contributed by atoms with Crippen LogP contribution in [0.3, 0.4) is 0 Å². The summed E-state index contributed by atoms with van der Waals surface area (Å²) >= 11 is 0. The third-order valence-corrected chi connectivity index (χ3v) is 5.59. The number of ether oxygens (including phenoxy) is 1. The topological polar surface area (TPSA) is 83.1 Å². The fraction of sp³-hybridized carbons (Fsp3) is 0.500. The molecule has 146 valence electrons. The van der Waals surface area contributed by atoms with Crippen LogP contribution in [-0.2, 0) is 13.0 Å². The second kappa shape index (κ2) is 7.71. The van der Waals surface area contributed by atoms with Crippen LogP contribution in [0, 0.1) is 0 Å². The zero-order chi connectivity index (χ0) is 18.8. The van der Waals surface area contributed by atoms with E-state index < -0.39 is 0 Å². The highest BCUT2D eigenvalue weighted by Gasteiger charge is 2.22. The van der Waals surface area contributed by atoms with Gasteiger partial charge in [-0.3, -0.25) is 0 Å². The summed E-state index contributed by atoms with van der Waals surface area (Å²) < 4.78 is 5.90. The summed E-state index contributed by atoms with van der Waals surface area (Å²) in [5.41, 5.74) is 3.93. The number of H-pyrrole nitrogens is 1. The highest BCUT2D eigenvalue weighted by molar-refractivity contribution is 5.82. The molecule has 3 aromatic rings. The molecule has 8 nitrogen and oxygen atoms in total. The molecule has 0 amide bonds. The summed E-state index contributed by atoms with van der Waals surface area (Å²) in [6, 6.07) is 4.12. The first kappa shape index (κ1) is 17.4. The summed E-state index contributed by atoms with van der Waals surface area (Å²) in [4.78, 5) is 25.6. The number of hydrogen-bond acceptors (Lipinski definition) is 7. The Kier molecular flexibility index (Phi) is 4.78. The van der Waals surface area contributed by atoms with E-state index in [2.05, 4.69) is 35.8 Å². The summed E-state index contributed by atoms with van der Waals surface area (Å²) in [7, 11) is 0. The summed E-state index contributed by atoms with van der Waals surface area (Å²) in [5.74, 6) is 1.62. The van der Waals surface area contributed by atoms with Gasteiger partial charge in [0, 0.05) is 32.1 Å². The zero-order valence-electron chi connectivity index (χ0n) is 16.0. The standard InChI is InChI=1S/C20H25N7O/c1-2-8-26(7-1)9-3-11-28-17-5-4-15-12-27(10-6-16(15)25-17)20-18-19(22-13-21-18)23-14-24-20/h4-5,13-14H,1-3,6-12H2,(H,21,22,23,24). The van der Waals surface area contributed by atoms with Gasteiger partial charge in [0.25, 0.3) is 0 Å². The maximum Gasteiger partial charge on any atom is 0.213 e. The minimum atomic E-state index is 0.729. The van der Waals surface area contributed by atoms with Crippen molar-refractivity contribution >= 4 is 17.0 Å². The van der Waals surface area contributed by atoms with Crippen LogP contribution in [0.25, 0.3) is 11.2 Å². The van der Waals surface area contributed by atoms with Gasteiger partial charge in [-0.2, -0.15) is 0 Å². The van der Waals surface area contributed by atoms with Gasteiger partial charge in [-0.15, -0.1) is 0 Å². The van der Waals surface area contributed by atoms with Gasteiger partial charge in [-0.05, 0) is 37.9 Å². The van der Waals surface area contributed by atoms with Gasteiger partial charge >= 0.3 is 0 Å². The van der Waals surface area contributed by atoms with E-state index in [0.29, 0.717) is 0 Å². The number of aromatic amines is 1. The third kappa shape index (κ3) is 3.52. The molecule has 3 aromatic heterocycles. The van der Waals surface area contributed by atoms with Crippen LogP contribution in [0.5, 0.6) is 5.88 Å². The number of rotatable bonds is 6. The molecule has 0 atom stereocenters. The number of fused-ring (bicyclic) bond motifs is 2. The molecule has 0 unspecified atom stereocenters. The summed E-state index contributed by atoms with van der Waals surface area (Å²) in [6.07, 6.45) is 7.85. The van der Waals surface area contributed by atoms with Crippen LogP contribution in [0.1, 0.15) is 30.5 Å². The van der Waals surface area contributed by atoms with E-state index >= 15 is 0 Å². The van der Waals surface area contributed by atoms with Crippen LogP contribution < -0.4 is 9.64 Å². The minimum absolute atomic E-state index is 0.729. The van der Waals surface area contributed by atoms with Gasteiger partial charge in [0.15, 0.2) is 11.5 Å². The molecule has 0 saturated carbocycles. The molecule has 1 fully saturated rings. The van der Waals surface area contributed by atoms with Crippen LogP contribution in [-0.4, -0.2) is 62.6 Å². The maximum atomic E-state index is 5.90. The number of pyridine rings is 1. The van der Waals surface area contributed by atoms with Crippen molar-refractivity contribution in [3.63, 3.8) is 0 Å². The molecular formula is C20H25N7O. The van der Waals surface area contributed by atoms with E-state index in [4.69, 9.17) is 9.72 Å². The lowest BCUT2D eigenvalue weighted by Gasteiger charge is -2.29. The summed E-state index contributed by atoms with van der Waals surface area (Å²) in [5, 5.41) is 0. The van der Waals surface area contributed by atoms with Crippen molar-refractivity contribution < 1.29 is 4.74 Å². The molecule has 0 spiro atoms. The second-order valence-electron chi connectivity index (χ2n) is 7.47. The number of aromatic nitrogens is 5. The highest BCUT2D eigenvalue weighted by Crippen LogP contribution is 2.27. The Balaban J connectivity index is 1.21. The van der Waals surface area contributed by atoms with Gasteiger partial charge in [0.2, 0.25) is 5.88 Å². The fourth-order valence-electron chi connectivity index (χ4n) is 4.11. The van der Waals surface area contributed by atoms with Gasteiger partial charge in [-0.1, -0.05) is 6.07 Å². The highest BCUT2D eigenvalue weighted by atomic mass is 16.5. The van der Waals surface area contributed by atoms with Crippen LogP contribution in [0.2, 0.25) is 0 Å². The minimum Gasteiger partial charge on any atom is -0.478 e. The van der Waals surface area contributed by atoms with Crippen molar-refractivity contribution in [2.24, 2.45) is 0 Å². The second-order valence-corrected chi connectivity index (χ2v) is 7.47. The van der Waals surface area contributed by atoms with E-state index in [-0.39, 0.29) is 0 Å². The Morgan fingerprint density at radius 1 is 1.07 bits per heavy atom. The van der Waals surface area contributed by atoms with Crippen molar-refractivity contribution in [2.45, 2.75) is 32.2 Å². The molecule has 2 aliphatic heterocycles. The quantitative estimate of drug-likeness (QED) is 0.657. The van der Waals surface area contributed by atoms with E-state index in [1.165, 1.54) is 31.5 Å². The van der Waals surface area contributed by atoms with Crippen LogP contribution >= 0.6 is 0 Å². The fourth-order valence-corrected chi connectivity index (χ4v) is 4.11. The van der Waals surface area contributed by atoms with E-state index in [9.17, 15) is 0 Å². The number of nitrogens with one attached hydrogen (secondary N) is 1. The average Bonchev–Trinajstić information content (AvgIpc) is 3.42. The van der Waals surface area contributed by atoms with Crippen molar-refractivity contribution in [2.75, 3.05) is 37.7 Å². The Morgan fingerprint density at radius 2 is 2.00 bits per heavy atom. The van der Waals surface area contributed by atoms with E-state index in [1.807, 2.05) is 6.07 Å². The Hall–Kier alpha value is -2.74. The molecule has 0 aromatic carbocycles. The molecule has 0 bridgehead atoms. The number of imidazole rings is 1. The van der Waals surface area contributed by atoms with E-state index in [0.717, 1.165) is 67.6 Å². The summed E-state index contributed by atoms with van der Waals surface area (Å²) in [6.45, 7) is 5.97. The third-order valence-electron chi connectivity index (χ3n) is 5.59. The first-order valence-electron chi connectivity index (χ1n) is 10.1. The maximum absolute atomic E-state index is 5.90. The van der Waals surface area contributed by atoms with Gasteiger partial charge in [-0.25, -0.2) is 19.9 Å². The number of hydrogen-bond donors (Lipinski definition) is 1. The van der Waals surface area contributed by atoms with Crippen molar-refractivity contribution in [1.82, 2.24) is 29.8 Å². The lowest BCUT2D eigenvalue weighted by atomic mass is 10.1. The first-order valence-corrected chi connectivity index (χ1v) is 10.1. The molecule has 1 saturated heterocycles. The molecule has 1 N–H and O–H groups in total. The molecule has 8 heteroatoms. The van der Waals surface area contributed by atoms with Gasteiger partial charge in [0.1, 0.15) is 11.8 Å². The van der Waals surface area contributed by atoms with Crippen LogP contribution in [0.4, 0.5) is 5.82 Å². The number of anilines is 1. The Labute approximate surface area is 164 Å². The largest absolute Gasteiger partial charge is 0.478 e. The van der Waals surface area contributed by atoms with Crippen molar-refractivity contribution in [3.05, 3.63) is 36.0 Å². The Bertz CT molecular complexity index is 951. The van der Waals surface area contributed by atoms with Gasteiger partial charge in [0.05, 0.1) is 18.6 Å². The first-order chi connectivity index (χ1) is 13.9.